The molecule has 0 unspecified atom stereocenters. The molecule has 0 fully saturated rings. The molecule has 2 heterocycles. The summed E-state index contributed by atoms with van der Waals surface area (Å²) in [6.45, 7) is 4.21. The quantitative estimate of drug-likeness (QED) is 0.665. The van der Waals surface area contributed by atoms with Crippen molar-refractivity contribution in [3.05, 3.63) is 53.9 Å². The van der Waals surface area contributed by atoms with Crippen LogP contribution in [0, 0.1) is 13.8 Å². The Morgan fingerprint density at radius 1 is 1.06 bits per heavy atom. The molecule has 0 amide bonds. The summed E-state index contributed by atoms with van der Waals surface area (Å²) < 4.78 is 0. The molecule has 3 aromatic rings. The number of fused-ring (bicyclic) bond motifs is 1. The number of aromatic amines is 1. The molecular formula is C15H14N2. The summed E-state index contributed by atoms with van der Waals surface area (Å²) in [5.74, 6) is 0. The number of rotatable bonds is 1. The number of benzene rings is 1. The molecule has 0 aliphatic carbocycles. The fourth-order valence-corrected chi connectivity index (χ4v) is 2.32. The molecule has 2 aromatic heterocycles. The van der Waals surface area contributed by atoms with E-state index in [0.29, 0.717) is 0 Å². The van der Waals surface area contributed by atoms with Crippen LogP contribution in [0.4, 0.5) is 0 Å². The summed E-state index contributed by atoms with van der Waals surface area (Å²) in [5, 5.41) is 1.19. The predicted molar refractivity (Wildman–Crippen MR) is 71.0 cm³/mol. The van der Waals surface area contributed by atoms with Crippen molar-refractivity contribution < 1.29 is 0 Å². The molecule has 0 saturated heterocycles. The van der Waals surface area contributed by atoms with Crippen molar-refractivity contribution in [2.24, 2.45) is 0 Å². The zero-order chi connectivity index (χ0) is 11.8. The number of pyridine rings is 1. The second-order valence-electron chi connectivity index (χ2n) is 4.39. The molecule has 1 N–H and O–H groups in total. The van der Waals surface area contributed by atoms with Crippen LogP contribution >= 0.6 is 0 Å². The van der Waals surface area contributed by atoms with Gasteiger partial charge in [0.05, 0.1) is 0 Å². The third-order valence-corrected chi connectivity index (χ3v) is 3.06. The lowest BCUT2D eigenvalue weighted by atomic mass is 10.0. The zero-order valence-corrected chi connectivity index (χ0v) is 9.99. The van der Waals surface area contributed by atoms with Gasteiger partial charge in [-0.25, -0.2) is 4.98 Å². The first kappa shape index (κ1) is 10.1. The molecule has 0 aliphatic rings. The summed E-state index contributed by atoms with van der Waals surface area (Å²) >= 11 is 0. The van der Waals surface area contributed by atoms with E-state index in [9.17, 15) is 0 Å². The Hall–Kier alpha value is -2.09. The van der Waals surface area contributed by atoms with Gasteiger partial charge in [0.2, 0.25) is 0 Å². The van der Waals surface area contributed by atoms with Crippen molar-refractivity contribution in [3.8, 4) is 11.1 Å². The Bertz CT molecular complexity index is 680. The van der Waals surface area contributed by atoms with E-state index in [0.717, 1.165) is 5.65 Å². The number of aryl methyl sites for hydroxylation is 2. The highest BCUT2D eigenvalue weighted by atomic mass is 14.9. The maximum absolute atomic E-state index is 4.36. The molecule has 2 nitrogen and oxygen atoms in total. The summed E-state index contributed by atoms with van der Waals surface area (Å²) in [5.41, 5.74) is 5.92. The fraction of sp³-hybridized carbons (Fsp3) is 0.133. The molecule has 0 bridgehead atoms. The lowest BCUT2D eigenvalue weighted by Crippen LogP contribution is -1.80. The normalized spacial score (nSPS) is 10.9. The first-order valence-corrected chi connectivity index (χ1v) is 5.76. The van der Waals surface area contributed by atoms with Crippen LogP contribution in [0.25, 0.3) is 22.2 Å². The van der Waals surface area contributed by atoms with Crippen LogP contribution in [0.1, 0.15) is 11.3 Å². The molecule has 84 valence electrons. The number of hydrogen-bond donors (Lipinski definition) is 1. The second kappa shape index (κ2) is 3.74. The van der Waals surface area contributed by atoms with Gasteiger partial charge >= 0.3 is 0 Å². The van der Waals surface area contributed by atoms with E-state index in [1.165, 1.54) is 27.8 Å². The van der Waals surface area contributed by atoms with Gasteiger partial charge in [0.1, 0.15) is 5.65 Å². The van der Waals surface area contributed by atoms with Crippen molar-refractivity contribution in [2.75, 3.05) is 0 Å². The van der Waals surface area contributed by atoms with Gasteiger partial charge in [0.15, 0.2) is 0 Å². The summed E-state index contributed by atoms with van der Waals surface area (Å²) in [6.07, 6.45) is 1.82. The Morgan fingerprint density at radius 2 is 1.94 bits per heavy atom. The smallest absolute Gasteiger partial charge is 0.138 e. The zero-order valence-electron chi connectivity index (χ0n) is 9.99. The molecule has 17 heavy (non-hydrogen) atoms. The van der Waals surface area contributed by atoms with E-state index in [1.54, 1.807) is 0 Å². The molecule has 0 radical (unpaired) electrons. The standard InChI is InChI=1S/C15H14N2/c1-10-5-3-6-12(9-10)14-11(2)17-15-13(14)7-4-8-16-15/h3-9H,1-2H3,(H,16,17). The summed E-state index contributed by atoms with van der Waals surface area (Å²) in [7, 11) is 0. The Morgan fingerprint density at radius 3 is 2.76 bits per heavy atom. The predicted octanol–water partition coefficient (Wildman–Crippen LogP) is 3.85. The van der Waals surface area contributed by atoms with Crippen LogP contribution in [-0.2, 0) is 0 Å². The monoisotopic (exact) mass is 222 g/mol. The minimum absolute atomic E-state index is 0.960. The minimum Gasteiger partial charge on any atom is -0.343 e. The third kappa shape index (κ3) is 1.62. The van der Waals surface area contributed by atoms with Crippen LogP contribution < -0.4 is 0 Å². The number of nitrogens with one attached hydrogen (secondary N) is 1. The largest absolute Gasteiger partial charge is 0.343 e. The van der Waals surface area contributed by atoms with Gasteiger partial charge in [0.25, 0.3) is 0 Å². The number of nitrogens with zero attached hydrogens (tertiary/aromatic N) is 1. The van der Waals surface area contributed by atoms with Gasteiger partial charge in [-0.2, -0.15) is 0 Å². The van der Waals surface area contributed by atoms with Crippen molar-refractivity contribution in [1.82, 2.24) is 9.97 Å². The highest BCUT2D eigenvalue weighted by Crippen LogP contribution is 2.31. The highest BCUT2D eigenvalue weighted by molar-refractivity contribution is 5.95. The maximum Gasteiger partial charge on any atom is 0.138 e. The molecule has 0 saturated carbocycles. The molecule has 0 spiro atoms. The average molecular weight is 222 g/mol. The second-order valence-corrected chi connectivity index (χ2v) is 4.39. The van der Waals surface area contributed by atoms with E-state index in [-0.39, 0.29) is 0 Å². The third-order valence-electron chi connectivity index (χ3n) is 3.06. The Labute approximate surface area is 100 Å². The van der Waals surface area contributed by atoms with E-state index in [1.807, 2.05) is 12.3 Å². The van der Waals surface area contributed by atoms with Crippen molar-refractivity contribution in [3.63, 3.8) is 0 Å². The van der Waals surface area contributed by atoms with Crippen LogP contribution in [0.15, 0.2) is 42.6 Å². The van der Waals surface area contributed by atoms with Crippen LogP contribution in [0.2, 0.25) is 0 Å². The van der Waals surface area contributed by atoms with Crippen LogP contribution in [-0.4, -0.2) is 9.97 Å². The van der Waals surface area contributed by atoms with Gasteiger partial charge in [-0.15, -0.1) is 0 Å². The van der Waals surface area contributed by atoms with Gasteiger partial charge in [-0.3, -0.25) is 0 Å². The lowest BCUT2D eigenvalue weighted by molar-refractivity contribution is 1.25. The van der Waals surface area contributed by atoms with Crippen molar-refractivity contribution >= 4 is 11.0 Å². The van der Waals surface area contributed by atoms with Crippen LogP contribution in [0.3, 0.4) is 0 Å². The fourth-order valence-electron chi connectivity index (χ4n) is 2.32. The van der Waals surface area contributed by atoms with Crippen molar-refractivity contribution in [2.45, 2.75) is 13.8 Å². The Balaban J connectivity index is 2.33. The van der Waals surface area contributed by atoms with Crippen molar-refractivity contribution in [1.29, 1.82) is 0 Å². The Kier molecular flexibility index (Phi) is 2.22. The highest BCUT2D eigenvalue weighted by Gasteiger charge is 2.10. The number of hydrogen-bond acceptors (Lipinski definition) is 1. The van der Waals surface area contributed by atoms with Gasteiger partial charge in [-0.1, -0.05) is 29.8 Å². The molecule has 3 rings (SSSR count). The molecular weight excluding hydrogens is 208 g/mol. The number of H-pyrrole nitrogens is 1. The maximum atomic E-state index is 4.36. The first-order valence-electron chi connectivity index (χ1n) is 5.76. The van der Waals surface area contributed by atoms with E-state index in [2.05, 4.69) is 54.1 Å². The average Bonchev–Trinajstić information content (AvgIpc) is 2.64. The number of aromatic nitrogens is 2. The molecule has 1 aromatic carbocycles. The minimum atomic E-state index is 0.960. The van der Waals surface area contributed by atoms with Gasteiger partial charge in [-0.05, 0) is 31.5 Å². The molecule has 0 aliphatic heterocycles. The van der Waals surface area contributed by atoms with Gasteiger partial charge < -0.3 is 4.98 Å². The first-order chi connectivity index (χ1) is 8.25. The van der Waals surface area contributed by atoms with E-state index in [4.69, 9.17) is 0 Å². The summed E-state index contributed by atoms with van der Waals surface area (Å²) in [6, 6.07) is 12.7. The van der Waals surface area contributed by atoms with E-state index < -0.39 is 0 Å². The molecule has 2 heteroatoms. The van der Waals surface area contributed by atoms with Crippen LogP contribution in [0.5, 0.6) is 0 Å². The topological polar surface area (TPSA) is 28.7 Å². The van der Waals surface area contributed by atoms with Gasteiger partial charge in [0, 0.05) is 22.8 Å². The SMILES string of the molecule is Cc1cccc(-c2c(C)[nH]c3ncccc23)c1. The molecule has 0 atom stereocenters. The summed E-state index contributed by atoms with van der Waals surface area (Å²) in [4.78, 5) is 7.69. The lowest BCUT2D eigenvalue weighted by Gasteiger charge is -2.02. The van der Waals surface area contributed by atoms with E-state index >= 15 is 0 Å².